The molecule has 0 saturated carbocycles. The molecule has 0 aromatic carbocycles. The zero-order valence-corrected chi connectivity index (χ0v) is 21.9. The molecule has 0 radical (unpaired) electrons. The van der Waals surface area contributed by atoms with Gasteiger partial charge in [-0.05, 0) is 59.3 Å². The summed E-state index contributed by atoms with van der Waals surface area (Å²) in [5, 5.41) is 18.6. The molecule has 9 nitrogen and oxygen atoms in total. The third-order valence-corrected chi connectivity index (χ3v) is 5.18. The van der Waals surface area contributed by atoms with E-state index < -0.39 is 47.7 Å². The topological polar surface area (TPSA) is 134 Å². The number of nitrogens with one attached hydrogen (secondary N) is 3. The number of aliphatic hydroxyl groups is 1. The Morgan fingerprint density at radius 1 is 0.848 bits per heavy atom. The van der Waals surface area contributed by atoms with Crippen molar-refractivity contribution in [2.75, 3.05) is 0 Å². The van der Waals surface area contributed by atoms with E-state index in [4.69, 9.17) is 4.74 Å². The lowest BCUT2D eigenvalue weighted by Crippen LogP contribution is -2.56. The number of rotatable bonds is 12. The molecule has 1 unspecified atom stereocenters. The molecule has 0 rings (SSSR count). The maximum Gasteiger partial charge on any atom is 0.408 e. The number of ketones is 1. The molecule has 0 spiro atoms. The number of alkyl carbamates (subject to hydrolysis) is 1. The summed E-state index contributed by atoms with van der Waals surface area (Å²) in [6.07, 6.45) is -0.848. The largest absolute Gasteiger partial charge is 0.444 e. The molecule has 0 fully saturated rings. The fourth-order valence-electron chi connectivity index (χ4n) is 3.16. The summed E-state index contributed by atoms with van der Waals surface area (Å²) >= 11 is 0. The van der Waals surface area contributed by atoms with E-state index in [1.807, 2.05) is 13.8 Å². The lowest BCUT2D eigenvalue weighted by Gasteiger charge is -2.29. The fraction of sp³-hybridized carbons (Fsp3) is 0.833. The maximum absolute atomic E-state index is 12.8. The molecule has 5 atom stereocenters. The van der Waals surface area contributed by atoms with Crippen LogP contribution in [0.2, 0.25) is 0 Å². The van der Waals surface area contributed by atoms with Crippen molar-refractivity contribution >= 4 is 23.7 Å². The summed E-state index contributed by atoms with van der Waals surface area (Å²) in [4.78, 5) is 49.2. The van der Waals surface area contributed by atoms with Crippen molar-refractivity contribution in [3.8, 4) is 0 Å². The number of carbonyl (C=O) groups excluding carboxylic acids is 4. The Bertz CT molecular complexity index is 672. The van der Waals surface area contributed by atoms with Gasteiger partial charge in [0, 0.05) is 5.92 Å². The normalized spacial score (nSPS) is 16.4. The first kappa shape index (κ1) is 30.8. The van der Waals surface area contributed by atoms with E-state index in [1.54, 1.807) is 41.5 Å². The minimum absolute atomic E-state index is 0.0264. The average molecular weight is 472 g/mol. The first-order valence-electron chi connectivity index (χ1n) is 11.7. The van der Waals surface area contributed by atoms with Crippen LogP contribution in [0, 0.1) is 17.8 Å². The smallest absolute Gasteiger partial charge is 0.408 e. The molecule has 192 valence electrons. The lowest BCUT2D eigenvalue weighted by atomic mass is 9.91. The van der Waals surface area contributed by atoms with Gasteiger partial charge < -0.3 is 25.8 Å². The summed E-state index contributed by atoms with van der Waals surface area (Å²) in [6, 6.07) is -2.34. The molecule has 33 heavy (non-hydrogen) atoms. The van der Waals surface area contributed by atoms with Gasteiger partial charge in [-0.25, -0.2) is 4.79 Å². The van der Waals surface area contributed by atoms with Crippen LogP contribution in [0.5, 0.6) is 0 Å². The predicted molar refractivity (Wildman–Crippen MR) is 127 cm³/mol. The van der Waals surface area contributed by atoms with Crippen molar-refractivity contribution in [3.63, 3.8) is 0 Å². The van der Waals surface area contributed by atoms with Crippen LogP contribution in [0.3, 0.4) is 0 Å². The number of hydrogen-bond acceptors (Lipinski definition) is 6. The second-order valence-electron chi connectivity index (χ2n) is 10.7. The maximum atomic E-state index is 12.8. The van der Waals surface area contributed by atoms with Crippen LogP contribution < -0.4 is 16.0 Å². The second kappa shape index (κ2) is 13.5. The van der Waals surface area contributed by atoms with Crippen molar-refractivity contribution < 1.29 is 29.0 Å². The Balaban J connectivity index is 5.17. The van der Waals surface area contributed by atoms with E-state index in [2.05, 4.69) is 16.0 Å². The fourth-order valence-corrected chi connectivity index (χ4v) is 3.16. The number of Topliss-reactive ketones (excluding diaryl/α,β-unsaturated/α-hetero) is 1. The number of ether oxygens (including phenoxy) is 1. The van der Waals surface area contributed by atoms with Crippen molar-refractivity contribution in [2.45, 2.75) is 112 Å². The SMILES string of the molecule is CC(=O)[C@H](C)C[C@H](O)[C@H](CC(C)C)NC(=O)C(C)NC(=O)[C@@H](NC(=O)OC(C)(C)C)C(C)C. The Morgan fingerprint density at radius 2 is 1.39 bits per heavy atom. The van der Waals surface area contributed by atoms with Gasteiger partial charge in [0.1, 0.15) is 23.5 Å². The molecule has 0 aromatic rings. The Labute approximate surface area is 198 Å². The van der Waals surface area contributed by atoms with Gasteiger partial charge in [-0.15, -0.1) is 0 Å². The molecule has 0 heterocycles. The van der Waals surface area contributed by atoms with Gasteiger partial charge >= 0.3 is 6.09 Å². The van der Waals surface area contributed by atoms with E-state index in [-0.39, 0.29) is 30.0 Å². The van der Waals surface area contributed by atoms with E-state index in [1.165, 1.54) is 13.8 Å². The van der Waals surface area contributed by atoms with E-state index >= 15 is 0 Å². The van der Waals surface area contributed by atoms with Crippen LogP contribution in [-0.4, -0.2) is 58.6 Å². The highest BCUT2D eigenvalue weighted by molar-refractivity contribution is 5.91. The van der Waals surface area contributed by atoms with Gasteiger partial charge in [-0.2, -0.15) is 0 Å². The zero-order chi connectivity index (χ0) is 26.1. The minimum atomic E-state index is -0.897. The van der Waals surface area contributed by atoms with Crippen LogP contribution >= 0.6 is 0 Å². The van der Waals surface area contributed by atoms with Gasteiger partial charge in [0.25, 0.3) is 0 Å². The standard InChI is InChI=1S/C24H45N3O6/c1-13(2)11-18(19(29)12-15(5)17(7)28)26-21(30)16(6)25-22(31)20(14(3)4)27-23(32)33-24(8,9)10/h13-16,18-20,29H,11-12H2,1-10H3,(H,25,31)(H,26,30)(H,27,32)/t15-,16?,18+,19+,20+/m1/s1. The molecule has 0 bridgehead atoms. The predicted octanol–water partition coefficient (Wildman–Crippen LogP) is 2.55. The number of carbonyl (C=O) groups is 4. The first-order valence-corrected chi connectivity index (χ1v) is 11.7. The quantitative estimate of drug-likeness (QED) is 0.346. The molecule has 4 N–H and O–H groups in total. The minimum Gasteiger partial charge on any atom is -0.444 e. The van der Waals surface area contributed by atoms with E-state index in [0.29, 0.717) is 6.42 Å². The molecular weight excluding hydrogens is 426 g/mol. The van der Waals surface area contributed by atoms with E-state index in [0.717, 1.165) is 0 Å². The highest BCUT2D eigenvalue weighted by Crippen LogP contribution is 2.16. The molecule has 0 aromatic heterocycles. The Morgan fingerprint density at radius 3 is 1.82 bits per heavy atom. The third kappa shape index (κ3) is 12.6. The van der Waals surface area contributed by atoms with Gasteiger partial charge in [-0.1, -0.05) is 34.6 Å². The molecule has 0 aliphatic carbocycles. The van der Waals surface area contributed by atoms with Crippen molar-refractivity contribution in [1.29, 1.82) is 0 Å². The number of hydrogen-bond donors (Lipinski definition) is 4. The molecule has 0 saturated heterocycles. The molecular formula is C24H45N3O6. The molecule has 0 aliphatic heterocycles. The monoisotopic (exact) mass is 471 g/mol. The van der Waals surface area contributed by atoms with Crippen molar-refractivity contribution in [3.05, 3.63) is 0 Å². The van der Waals surface area contributed by atoms with Crippen LogP contribution in [0.1, 0.15) is 82.1 Å². The first-order chi connectivity index (χ1) is 14.9. The Hall–Kier alpha value is -2.16. The molecule has 0 aliphatic rings. The van der Waals surface area contributed by atoms with Crippen LogP contribution in [0.4, 0.5) is 4.79 Å². The van der Waals surface area contributed by atoms with Crippen molar-refractivity contribution in [2.24, 2.45) is 17.8 Å². The van der Waals surface area contributed by atoms with Gasteiger partial charge in [-0.3, -0.25) is 14.4 Å². The van der Waals surface area contributed by atoms with Crippen molar-refractivity contribution in [1.82, 2.24) is 16.0 Å². The lowest BCUT2D eigenvalue weighted by molar-refractivity contribution is -0.131. The highest BCUT2D eigenvalue weighted by Gasteiger charge is 2.31. The van der Waals surface area contributed by atoms with Gasteiger partial charge in [0.15, 0.2) is 0 Å². The zero-order valence-electron chi connectivity index (χ0n) is 21.9. The summed E-state index contributed by atoms with van der Waals surface area (Å²) in [7, 11) is 0. The average Bonchev–Trinajstić information content (AvgIpc) is 2.62. The number of amides is 3. The van der Waals surface area contributed by atoms with Crippen LogP contribution in [0.25, 0.3) is 0 Å². The van der Waals surface area contributed by atoms with Crippen LogP contribution in [0.15, 0.2) is 0 Å². The summed E-state index contributed by atoms with van der Waals surface area (Å²) in [6.45, 7) is 17.4. The summed E-state index contributed by atoms with van der Waals surface area (Å²) in [5.74, 6) is -1.36. The van der Waals surface area contributed by atoms with Crippen LogP contribution in [-0.2, 0) is 19.1 Å². The van der Waals surface area contributed by atoms with Gasteiger partial charge in [0.2, 0.25) is 11.8 Å². The molecule has 3 amide bonds. The summed E-state index contributed by atoms with van der Waals surface area (Å²) in [5.41, 5.74) is -0.707. The van der Waals surface area contributed by atoms with E-state index in [9.17, 15) is 24.3 Å². The summed E-state index contributed by atoms with van der Waals surface area (Å²) < 4.78 is 5.22. The highest BCUT2D eigenvalue weighted by atomic mass is 16.6. The number of aliphatic hydroxyl groups excluding tert-OH is 1. The Kier molecular flexibility index (Phi) is 12.6. The van der Waals surface area contributed by atoms with Gasteiger partial charge in [0.05, 0.1) is 12.1 Å². The second-order valence-corrected chi connectivity index (χ2v) is 10.7. The molecule has 9 heteroatoms. The third-order valence-electron chi connectivity index (χ3n) is 5.18.